The largest absolute Gasteiger partial charge is 0.478 e. The van der Waals surface area contributed by atoms with Crippen molar-refractivity contribution in [2.45, 2.75) is 25.8 Å². The summed E-state index contributed by atoms with van der Waals surface area (Å²) >= 11 is 0. The van der Waals surface area contributed by atoms with E-state index in [0.717, 1.165) is 0 Å². The zero-order chi connectivity index (χ0) is 14.0. The lowest BCUT2D eigenvalue weighted by atomic mass is 10.0. The smallest absolute Gasteiger partial charge is 0.274 e. The van der Waals surface area contributed by atoms with E-state index < -0.39 is 4.92 Å². The number of nitrogens with zero attached hydrogens (tertiary/aromatic N) is 3. The van der Waals surface area contributed by atoms with Crippen molar-refractivity contribution in [1.82, 2.24) is 0 Å². The van der Waals surface area contributed by atoms with Crippen LogP contribution in [0, 0.1) is 21.4 Å². The quantitative estimate of drug-likeness (QED) is 0.615. The Morgan fingerprint density at radius 3 is 2.84 bits per heavy atom. The predicted octanol–water partition coefficient (Wildman–Crippen LogP) is 2.22. The van der Waals surface area contributed by atoms with Crippen LogP contribution in [0.2, 0.25) is 0 Å². The molecule has 0 atom stereocenters. The Labute approximate surface area is 110 Å². The van der Waals surface area contributed by atoms with Crippen LogP contribution in [0.5, 0.6) is 0 Å². The molecule has 1 heterocycles. The Kier molecular flexibility index (Phi) is 3.21. The van der Waals surface area contributed by atoms with E-state index in [2.05, 4.69) is 4.99 Å². The van der Waals surface area contributed by atoms with E-state index in [1.807, 2.05) is 19.9 Å². The molecule has 0 N–H and O–H groups in total. The SMILES string of the molecule is CC1(C)COC(Cc2c(C#N)cccc2[N+](=O)[O-])=N1. The summed E-state index contributed by atoms with van der Waals surface area (Å²) < 4.78 is 5.42. The first kappa shape index (κ1) is 13.0. The van der Waals surface area contributed by atoms with Gasteiger partial charge in [0, 0.05) is 6.07 Å². The van der Waals surface area contributed by atoms with Gasteiger partial charge in [0.05, 0.1) is 34.1 Å². The third kappa shape index (κ3) is 2.71. The summed E-state index contributed by atoms with van der Waals surface area (Å²) in [7, 11) is 0. The fourth-order valence-corrected chi connectivity index (χ4v) is 1.94. The van der Waals surface area contributed by atoms with E-state index in [4.69, 9.17) is 10.00 Å². The average molecular weight is 259 g/mol. The molecule has 2 rings (SSSR count). The van der Waals surface area contributed by atoms with E-state index >= 15 is 0 Å². The summed E-state index contributed by atoms with van der Waals surface area (Å²) in [5, 5.41) is 20.1. The van der Waals surface area contributed by atoms with Gasteiger partial charge in [-0.05, 0) is 19.9 Å². The van der Waals surface area contributed by atoms with Gasteiger partial charge in [0.15, 0.2) is 5.90 Å². The minimum absolute atomic E-state index is 0.0740. The van der Waals surface area contributed by atoms with Crippen LogP contribution in [0.4, 0.5) is 5.69 Å². The lowest BCUT2D eigenvalue weighted by molar-refractivity contribution is -0.385. The number of hydrogen-bond donors (Lipinski definition) is 0. The molecule has 0 bridgehead atoms. The van der Waals surface area contributed by atoms with Crippen molar-refractivity contribution in [3.8, 4) is 6.07 Å². The van der Waals surface area contributed by atoms with Crippen LogP contribution in [0.25, 0.3) is 0 Å². The molecule has 0 aliphatic carbocycles. The summed E-state index contributed by atoms with van der Waals surface area (Å²) in [4.78, 5) is 14.9. The molecule has 0 aromatic heterocycles. The normalized spacial score (nSPS) is 16.4. The molecule has 0 saturated carbocycles. The zero-order valence-corrected chi connectivity index (χ0v) is 10.7. The van der Waals surface area contributed by atoms with Gasteiger partial charge >= 0.3 is 0 Å². The summed E-state index contributed by atoms with van der Waals surface area (Å²) in [6, 6.07) is 6.42. The first-order chi connectivity index (χ1) is 8.93. The summed E-state index contributed by atoms with van der Waals surface area (Å²) in [6.45, 7) is 4.29. The maximum absolute atomic E-state index is 11.0. The number of nitro groups is 1. The number of rotatable bonds is 3. The van der Waals surface area contributed by atoms with Crippen LogP contribution in [0.15, 0.2) is 23.2 Å². The molecule has 98 valence electrons. The van der Waals surface area contributed by atoms with Crippen LogP contribution in [-0.4, -0.2) is 23.0 Å². The van der Waals surface area contributed by atoms with Crippen molar-refractivity contribution in [2.24, 2.45) is 4.99 Å². The third-order valence-corrected chi connectivity index (χ3v) is 2.82. The topological polar surface area (TPSA) is 88.5 Å². The molecule has 1 aliphatic rings. The highest BCUT2D eigenvalue weighted by atomic mass is 16.6. The van der Waals surface area contributed by atoms with Crippen molar-refractivity contribution in [1.29, 1.82) is 5.26 Å². The number of benzene rings is 1. The van der Waals surface area contributed by atoms with Gasteiger partial charge in [0.25, 0.3) is 5.69 Å². The van der Waals surface area contributed by atoms with Crippen LogP contribution < -0.4 is 0 Å². The number of aliphatic imine (C=N–C) groups is 1. The number of nitro benzene ring substituents is 1. The van der Waals surface area contributed by atoms with Gasteiger partial charge in [-0.2, -0.15) is 5.26 Å². The van der Waals surface area contributed by atoms with Crippen molar-refractivity contribution in [3.63, 3.8) is 0 Å². The van der Waals surface area contributed by atoms with Crippen molar-refractivity contribution in [3.05, 3.63) is 39.4 Å². The van der Waals surface area contributed by atoms with E-state index in [0.29, 0.717) is 18.1 Å². The van der Waals surface area contributed by atoms with Gasteiger partial charge < -0.3 is 4.74 Å². The van der Waals surface area contributed by atoms with Gasteiger partial charge in [-0.15, -0.1) is 0 Å². The predicted molar refractivity (Wildman–Crippen MR) is 69.0 cm³/mol. The highest BCUT2D eigenvalue weighted by Crippen LogP contribution is 2.26. The maximum Gasteiger partial charge on any atom is 0.274 e. The molecule has 1 aromatic carbocycles. The lowest BCUT2D eigenvalue weighted by Crippen LogP contribution is -2.17. The average Bonchev–Trinajstić information content (AvgIpc) is 2.68. The minimum Gasteiger partial charge on any atom is -0.478 e. The maximum atomic E-state index is 11.0. The highest BCUT2D eigenvalue weighted by molar-refractivity contribution is 5.82. The fraction of sp³-hybridized carbons (Fsp3) is 0.385. The van der Waals surface area contributed by atoms with Crippen LogP contribution in [0.1, 0.15) is 25.0 Å². The fourth-order valence-electron chi connectivity index (χ4n) is 1.94. The molecule has 6 heteroatoms. The van der Waals surface area contributed by atoms with Crippen molar-refractivity contribution in [2.75, 3.05) is 6.61 Å². The summed E-state index contributed by atoms with van der Waals surface area (Å²) in [5.41, 5.74) is 0.248. The molecule has 1 aliphatic heterocycles. The van der Waals surface area contributed by atoms with E-state index in [1.165, 1.54) is 12.1 Å². The Morgan fingerprint density at radius 2 is 2.32 bits per heavy atom. The monoisotopic (exact) mass is 259 g/mol. The summed E-state index contributed by atoms with van der Waals surface area (Å²) in [5.74, 6) is 0.441. The Balaban J connectivity index is 2.40. The van der Waals surface area contributed by atoms with Gasteiger partial charge in [0.1, 0.15) is 6.61 Å². The van der Waals surface area contributed by atoms with Gasteiger partial charge in [-0.1, -0.05) is 6.07 Å². The Morgan fingerprint density at radius 1 is 1.58 bits per heavy atom. The lowest BCUT2D eigenvalue weighted by Gasteiger charge is -2.07. The molecule has 6 nitrogen and oxygen atoms in total. The first-order valence-electron chi connectivity index (χ1n) is 5.81. The standard InChI is InChI=1S/C13H13N3O3/c1-13(2)8-19-12(15-13)6-10-9(7-14)4-3-5-11(10)16(17)18/h3-5H,6,8H2,1-2H3. The van der Waals surface area contributed by atoms with Crippen molar-refractivity contribution >= 4 is 11.6 Å². The van der Waals surface area contributed by atoms with Gasteiger partial charge in [0.2, 0.25) is 0 Å². The summed E-state index contributed by atoms with van der Waals surface area (Å²) in [6.07, 6.45) is 0.170. The molecule has 0 spiro atoms. The molecule has 0 unspecified atom stereocenters. The second-order valence-corrected chi connectivity index (χ2v) is 4.96. The Bertz CT molecular complexity index is 600. The van der Waals surface area contributed by atoms with E-state index in [-0.39, 0.29) is 23.2 Å². The first-order valence-corrected chi connectivity index (χ1v) is 5.81. The second-order valence-electron chi connectivity index (χ2n) is 4.96. The molecule has 0 saturated heterocycles. The molecule has 0 radical (unpaired) electrons. The molecule has 0 amide bonds. The van der Waals surface area contributed by atoms with Crippen LogP contribution in [-0.2, 0) is 11.2 Å². The molecule has 19 heavy (non-hydrogen) atoms. The number of nitriles is 1. The zero-order valence-electron chi connectivity index (χ0n) is 10.7. The number of ether oxygens (including phenoxy) is 1. The Hall–Kier alpha value is -2.42. The van der Waals surface area contributed by atoms with Gasteiger partial charge in [-0.3, -0.25) is 10.1 Å². The van der Waals surface area contributed by atoms with E-state index in [1.54, 1.807) is 6.07 Å². The van der Waals surface area contributed by atoms with Crippen LogP contribution >= 0.6 is 0 Å². The number of hydrogen-bond acceptors (Lipinski definition) is 5. The van der Waals surface area contributed by atoms with Gasteiger partial charge in [-0.25, -0.2) is 4.99 Å². The molecule has 0 fully saturated rings. The van der Waals surface area contributed by atoms with Crippen LogP contribution in [0.3, 0.4) is 0 Å². The molecule has 1 aromatic rings. The third-order valence-electron chi connectivity index (χ3n) is 2.82. The minimum atomic E-state index is -0.489. The highest BCUT2D eigenvalue weighted by Gasteiger charge is 2.28. The van der Waals surface area contributed by atoms with Crippen molar-refractivity contribution < 1.29 is 9.66 Å². The molecular formula is C13H13N3O3. The van der Waals surface area contributed by atoms with E-state index in [9.17, 15) is 10.1 Å². The second kappa shape index (κ2) is 4.69. The molecular weight excluding hydrogens is 246 g/mol.